The highest BCUT2D eigenvalue weighted by Crippen LogP contribution is 2.30. The Balaban J connectivity index is 1.81. The molecule has 0 spiro atoms. The number of ether oxygens (including phenoxy) is 2. The van der Waals surface area contributed by atoms with E-state index in [9.17, 15) is 4.39 Å². The van der Waals surface area contributed by atoms with Crippen LogP contribution in [0.4, 0.5) is 4.39 Å². The Kier molecular flexibility index (Phi) is 6.66. The molecule has 0 fully saturated rings. The van der Waals surface area contributed by atoms with Crippen LogP contribution in [0.25, 0.3) is 0 Å². The molecule has 1 N–H and O–H groups in total. The van der Waals surface area contributed by atoms with Crippen LogP contribution in [-0.4, -0.2) is 28.2 Å². The maximum atomic E-state index is 13.9. The van der Waals surface area contributed by atoms with Gasteiger partial charge in [0.2, 0.25) is 4.77 Å². The van der Waals surface area contributed by atoms with Crippen LogP contribution in [0.3, 0.4) is 0 Å². The highest BCUT2D eigenvalue weighted by Gasteiger charge is 2.11. The van der Waals surface area contributed by atoms with Gasteiger partial charge in [-0.15, -0.1) is 0 Å². The van der Waals surface area contributed by atoms with Crippen LogP contribution >= 0.6 is 23.8 Å². The third-order valence-corrected chi connectivity index (χ3v) is 4.75. The summed E-state index contributed by atoms with van der Waals surface area (Å²) in [5.41, 5.74) is 1.06. The van der Waals surface area contributed by atoms with E-state index in [1.54, 1.807) is 35.2 Å². The van der Waals surface area contributed by atoms with Crippen LogP contribution in [-0.2, 0) is 6.61 Å². The average Bonchev–Trinajstić information content (AvgIpc) is 3.07. The van der Waals surface area contributed by atoms with Crippen molar-refractivity contribution in [3.63, 3.8) is 0 Å². The van der Waals surface area contributed by atoms with Crippen molar-refractivity contribution in [2.75, 3.05) is 7.11 Å². The Bertz CT molecular complexity index is 1070. The fraction of sp³-hybridized carbons (Fsp3) is 0.250. The van der Waals surface area contributed by atoms with E-state index in [1.165, 1.54) is 13.2 Å². The molecule has 0 unspecified atom stereocenters. The summed E-state index contributed by atoms with van der Waals surface area (Å²) < 4.78 is 27.0. The number of halogens is 2. The van der Waals surface area contributed by atoms with E-state index < -0.39 is 5.82 Å². The van der Waals surface area contributed by atoms with Gasteiger partial charge in [-0.3, -0.25) is 5.10 Å². The number of benzene rings is 2. The molecular formula is C20H20ClFN4O2S. The van der Waals surface area contributed by atoms with Crippen molar-refractivity contribution >= 4 is 30.0 Å². The Morgan fingerprint density at radius 1 is 1.31 bits per heavy atom. The van der Waals surface area contributed by atoms with Gasteiger partial charge in [0.05, 0.1) is 18.3 Å². The summed E-state index contributed by atoms with van der Waals surface area (Å²) in [7, 11) is 1.53. The molecule has 9 heteroatoms. The fourth-order valence-electron chi connectivity index (χ4n) is 2.62. The topological polar surface area (TPSA) is 64.4 Å². The minimum absolute atomic E-state index is 0.0166. The highest BCUT2D eigenvalue weighted by molar-refractivity contribution is 7.71. The zero-order valence-electron chi connectivity index (χ0n) is 16.1. The Labute approximate surface area is 177 Å². The summed E-state index contributed by atoms with van der Waals surface area (Å²) in [6.07, 6.45) is 1.65. The molecule has 0 saturated carbocycles. The quantitative estimate of drug-likeness (QED) is 0.403. The number of nitrogens with zero attached hydrogens (tertiary/aromatic N) is 3. The molecule has 152 valence electrons. The van der Waals surface area contributed by atoms with Gasteiger partial charge in [0.25, 0.3) is 0 Å². The van der Waals surface area contributed by atoms with Gasteiger partial charge in [-0.2, -0.15) is 14.9 Å². The van der Waals surface area contributed by atoms with Gasteiger partial charge in [-0.05, 0) is 48.1 Å². The highest BCUT2D eigenvalue weighted by atomic mass is 35.5. The summed E-state index contributed by atoms with van der Waals surface area (Å²) in [5.74, 6) is 1.43. The molecule has 29 heavy (non-hydrogen) atoms. The molecule has 1 aromatic heterocycles. The minimum atomic E-state index is -0.418. The van der Waals surface area contributed by atoms with Crippen LogP contribution in [0.5, 0.6) is 11.5 Å². The first-order valence-electron chi connectivity index (χ1n) is 8.86. The molecule has 0 aliphatic heterocycles. The average molecular weight is 435 g/mol. The zero-order chi connectivity index (χ0) is 21.0. The summed E-state index contributed by atoms with van der Waals surface area (Å²) in [6.45, 7) is 4.00. The molecule has 3 aromatic rings. The van der Waals surface area contributed by atoms with Gasteiger partial charge in [0.15, 0.2) is 17.3 Å². The first kappa shape index (κ1) is 21.0. The van der Waals surface area contributed by atoms with Crippen LogP contribution in [0.2, 0.25) is 5.02 Å². The second-order valence-corrected chi connectivity index (χ2v) is 7.29. The van der Waals surface area contributed by atoms with Gasteiger partial charge in [0.1, 0.15) is 12.4 Å². The zero-order valence-corrected chi connectivity index (χ0v) is 17.7. The Hall–Kier alpha value is -2.71. The van der Waals surface area contributed by atoms with E-state index in [2.05, 4.69) is 15.3 Å². The second-order valence-electron chi connectivity index (χ2n) is 6.50. The number of nitrogens with one attached hydrogen (secondary N) is 1. The Morgan fingerprint density at radius 3 is 2.79 bits per heavy atom. The number of H-pyrrole nitrogens is 1. The van der Waals surface area contributed by atoms with Crippen LogP contribution in [0.1, 0.15) is 36.7 Å². The number of aromatic nitrogens is 3. The van der Waals surface area contributed by atoms with Crippen molar-refractivity contribution in [2.45, 2.75) is 26.4 Å². The van der Waals surface area contributed by atoms with Gasteiger partial charge in [-0.1, -0.05) is 31.5 Å². The lowest BCUT2D eigenvalue weighted by molar-refractivity contribution is 0.280. The van der Waals surface area contributed by atoms with Crippen molar-refractivity contribution < 1.29 is 13.9 Å². The maximum Gasteiger partial charge on any atom is 0.216 e. The molecular weight excluding hydrogens is 415 g/mol. The monoisotopic (exact) mass is 434 g/mol. The molecule has 0 atom stereocenters. The van der Waals surface area contributed by atoms with E-state index in [0.717, 1.165) is 11.4 Å². The number of hydrogen-bond acceptors (Lipinski definition) is 5. The number of rotatable bonds is 7. The molecule has 6 nitrogen and oxygen atoms in total. The van der Waals surface area contributed by atoms with Crippen molar-refractivity contribution in [3.8, 4) is 11.5 Å². The van der Waals surface area contributed by atoms with E-state index in [0.29, 0.717) is 21.3 Å². The normalized spacial score (nSPS) is 11.4. The van der Waals surface area contributed by atoms with Gasteiger partial charge in [-0.25, -0.2) is 4.39 Å². The molecule has 0 saturated heterocycles. The van der Waals surface area contributed by atoms with Gasteiger partial charge >= 0.3 is 0 Å². The largest absolute Gasteiger partial charge is 0.493 e. The summed E-state index contributed by atoms with van der Waals surface area (Å²) >= 11 is 11.3. The predicted molar refractivity (Wildman–Crippen MR) is 113 cm³/mol. The first-order valence-corrected chi connectivity index (χ1v) is 9.64. The lowest BCUT2D eigenvalue weighted by atomic mass is 10.2. The lowest BCUT2D eigenvalue weighted by Crippen LogP contribution is -2.02. The van der Waals surface area contributed by atoms with Crippen molar-refractivity contribution in [2.24, 2.45) is 5.10 Å². The maximum absolute atomic E-state index is 13.9. The van der Waals surface area contributed by atoms with Crippen molar-refractivity contribution in [3.05, 3.63) is 69.0 Å². The van der Waals surface area contributed by atoms with E-state index in [1.807, 2.05) is 19.9 Å². The Morgan fingerprint density at radius 2 is 2.10 bits per heavy atom. The summed E-state index contributed by atoms with van der Waals surface area (Å²) in [5, 5.41) is 11.7. The third-order valence-electron chi connectivity index (χ3n) is 4.14. The molecule has 2 aromatic carbocycles. The van der Waals surface area contributed by atoms with E-state index in [4.69, 9.17) is 33.3 Å². The van der Waals surface area contributed by atoms with E-state index in [-0.39, 0.29) is 18.1 Å². The predicted octanol–water partition coefficient (Wildman–Crippen LogP) is 5.33. The molecule has 3 rings (SSSR count). The summed E-state index contributed by atoms with van der Waals surface area (Å²) in [4.78, 5) is 0. The van der Waals surface area contributed by atoms with Crippen LogP contribution in [0.15, 0.2) is 41.5 Å². The van der Waals surface area contributed by atoms with Gasteiger partial charge in [0, 0.05) is 11.5 Å². The SMILES string of the molecule is COc1cc(C=Nn2c(C(C)C)n[nH]c2=S)ccc1OCc1c(F)cccc1Cl. The molecule has 1 heterocycles. The molecule has 0 bridgehead atoms. The molecule has 0 radical (unpaired) electrons. The van der Waals surface area contributed by atoms with Crippen LogP contribution in [0, 0.1) is 10.6 Å². The van der Waals surface area contributed by atoms with Crippen molar-refractivity contribution in [1.82, 2.24) is 14.9 Å². The molecule has 0 aliphatic rings. The smallest absolute Gasteiger partial charge is 0.216 e. The molecule has 0 amide bonds. The van der Waals surface area contributed by atoms with E-state index >= 15 is 0 Å². The first-order chi connectivity index (χ1) is 13.9. The molecule has 0 aliphatic carbocycles. The number of methoxy groups -OCH3 is 1. The lowest BCUT2D eigenvalue weighted by Gasteiger charge is -2.12. The minimum Gasteiger partial charge on any atom is -0.493 e. The summed E-state index contributed by atoms with van der Waals surface area (Å²) in [6, 6.07) is 9.81. The van der Waals surface area contributed by atoms with Gasteiger partial charge < -0.3 is 9.47 Å². The van der Waals surface area contributed by atoms with Crippen LogP contribution < -0.4 is 9.47 Å². The van der Waals surface area contributed by atoms with Crippen molar-refractivity contribution in [1.29, 1.82) is 0 Å². The third kappa shape index (κ3) is 4.83. The standard InChI is InChI=1S/C20H20ClFN4O2S/c1-12(2)19-24-25-20(29)26(19)23-10-13-7-8-17(18(9-13)27-3)28-11-14-15(21)5-4-6-16(14)22/h4-10,12H,11H2,1-3H3,(H,25,29). The number of hydrogen-bond donors (Lipinski definition) is 1. The number of aromatic amines is 1. The second kappa shape index (κ2) is 9.19. The fourth-order valence-corrected chi connectivity index (χ4v) is 3.02.